The molecule has 126 valence electrons. The molecule has 0 bridgehead atoms. The van der Waals surface area contributed by atoms with E-state index in [1.165, 1.54) is 77.4 Å². The van der Waals surface area contributed by atoms with Crippen LogP contribution in [-0.2, 0) is 0 Å². The van der Waals surface area contributed by atoms with Crippen LogP contribution in [0.15, 0.2) is 0 Å². The van der Waals surface area contributed by atoms with Crippen LogP contribution >= 0.6 is 0 Å². The predicted octanol–water partition coefficient (Wildman–Crippen LogP) is 3.08. The smallest absolute Gasteiger partial charge is 0.317 e. The van der Waals surface area contributed by atoms with E-state index in [-0.39, 0.29) is 6.03 Å². The molecule has 4 heteroatoms. The van der Waals surface area contributed by atoms with Gasteiger partial charge in [0, 0.05) is 26.7 Å². The number of rotatable bonds is 3. The summed E-state index contributed by atoms with van der Waals surface area (Å²) >= 11 is 0. The molecule has 1 N–H and O–H groups in total. The second kappa shape index (κ2) is 6.77. The van der Waals surface area contributed by atoms with Gasteiger partial charge in [0.05, 0.1) is 0 Å². The van der Waals surface area contributed by atoms with Gasteiger partial charge in [0.15, 0.2) is 0 Å². The van der Waals surface area contributed by atoms with Crippen molar-refractivity contribution in [2.75, 3.05) is 33.7 Å². The average Bonchev–Trinajstić information content (AvgIpc) is 2.48. The van der Waals surface area contributed by atoms with Crippen LogP contribution < -0.4 is 5.32 Å². The molecule has 0 radical (unpaired) electrons. The lowest BCUT2D eigenvalue weighted by atomic mass is 9.60. The number of nitrogens with zero attached hydrogens (tertiary/aromatic N) is 2. The van der Waals surface area contributed by atoms with Gasteiger partial charge < -0.3 is 15.1 Å². The third kappa shape index (κ3) is 3.76. The van der Waals surface area contributed by atoms with Crippen LogP contribution in [0, 0.1) is 11.3 Å². The monoisotopic (exact) mass is 307 g/mol. The molecule has 2 amide bonds. The molecule has 0 unspecified atom stereocenters. The van der Waals surface area contributed by atoms with Crippen molar-refractivity contribution in [3.8, 4) is 0 Å². The van der Waals surface area contributed by atoms with E-state index in [9.17, 15) is 4.79 Å². The number of likely N-dealkylation sites (tertiary alicyclic amines) is 1. The van der Waals surface area contributed by atoms with E-state index in [1.807, 2.05) is 14.1 Å². The first-order valence-electron chi connectivity index (χ1n) is 9.26. The predicted molar refractivity (Wildman–Crippen MR) is 89.9 cm³/mol. The number of carbonyl (C=O) groups is 1. The minimum atomic E-state index is 0.0644. The Bertz CT molecular complexity index is 374. The highest BCUT2D eigenvalue weighted by Gasteiger charge is 2.46. The van der Waals surface area contributed by atoms with Crippen LogP contribution in [0.5, 0.6) is 0 Å². The van der Waals surface area contributed by atoms with Crippen LogP contribution in [0.1, 0.15) is 57.8 Å². The maximum atomic E-state index is 11.7. The van der Waals surface area contributed by atoms with Crippen molar-refractivity contribution in [1.29, 1.82) is 0 Å². The van der Waals surface area contributed by atoms with Crippen molar-refractivity contribution in [3.63, 3.8) is 0 Å². The molecule has 22 heavy (non-hydrogen) atoms. The topological polar surface area (TPSA) is 35.6 Å². The van der Waals surface area contributed by atoms with E-state index in [0.29, 0.717) is 11.5 Å². The van der Waals surface area contributed by atoms with Gasteiger partial charge in [0.25, 0.3) is 0 Å². The Labute approximate surface area is 135 Å². The minimum Gasteiger partial charge on any atom is -0.335 e. The molecule has 0 aromatic rings. The zero-order valence-electron chi connectivity index (χ0n) is 14.4. The summed E-state index contributed by atoms with van der Waals surface area (Å²) in [6.07, 6.45) is 12.4. The molecule has 1 saturated heterocycles. The Morgan fingerprint density at radius 2 is 1.77 bits per heavy atom. The van der Waals surface area contributed by atoms with Gasteiger partial charge in [0.1, 0.15) is 0 Å². The number of hydrogen-bond acceptors (Lipinski definition) is 2. The third-order valence-corrected chi connectivity index (χ3v) is 6.25. The molecular weight excluding hydrogens is 274 g/mol. The molecule has 0 atom stereocenters. The Kier molecular flexibility index (Phi) is 4.96. The summed E-state index contributed by atoms with van der Waals surface area (Å²) in [4.78, 5) is 16.0. The molecule has 0 aromatic heterocycles. The van der Waals surface area contributed by atoms with Gasteiger partial charge in [-0.25, -0.2) is 4.79 Å². The first-order valence-corrected chi connectivity index (χ1v) is 9.26. The number of urea groups is 1. The van der Waals surface area contributed by atoms with Gasteiger partial charge in [-0.1, -0.05) is 19.3 Å². The standard InChI is InChI=1S/C18H33N3O/c1-20(2)17(22)19-16-12-18(13-16)8-10-21(11-9-18)14-15-6-4-3-5-7-15/h15-16H,3-14H2,1-2H3,(H,19,22). The zero-order chi connectivity index (χ0) is 15.6. The van der Waals surface area contributed by atoms with Crippen molar-refractivity contribution >= 4 is 6.03 Å². The van der Waals surface area contributed by atoms with Crippen LogP contribution in [0.2, 0.25) is 0 Å². The number of carbonyl (C=O) groups excluding carboxylic acids is 1. The van der Waals surface area contributed by atoms with Gasteiger partial charge in [-0.3, -0.25) is 0 Å². The van der Waals surface area contributed by atoms with Gasteiger partial charge in [-0.15, -0.1) is 0 Å². The summed E-state index contributed by atoms with van der Waals surface area (Å²) in [6.45, 7) is 3.91. The van der Waals surface area contributed by atoms with E-state index in [1.54, 1.807) is 4.90 Å². The maximum Gasteiger partial charge on any atom is 0.317 e. The fourth-order valence-electron chi connectivity index (χ4n) is 4.74. The van der Waals surface area contributed by atoms with Crippen LogP contribution in [0.3, 0.4) is 0 Å². The second-order valence-electron chi connectivity index (χ2n) is 8.25. The Balaban J connectivity index is 1.37. The molecule has 2 saturated carbocycles. The lowest BCUT2D eigenvalue weighted by Gasteiger charge is -2.52. The second-order valence-corrected chi connectivity index (χ2v) is 8.25. The summed E-state index contributed by atoms with van der Waals surface area (Å²) < 4.78 is 0. The Morgan fingerprint density at radius 3 is 2.36 bits per heavy atom. The molecule has 1 aliphatic heterocycles. The maximum absolute atomic E-state index is 11.7. The number of nitrogens with one attached hydrogen (secondary N) is 1. The fourth-order valence-corrected chi connectivity index (χ4v) is 4.74. The highest BCUT2D eigenvalue weighted by Crippen LogP contribution is 2.49. The largest absolute Gasteiger partial charge is 0.335 e. The SMILES string of the molecule is CN(C)C(=O)NC1CC2(CCN(CC3CCCCC3)CC2)C1. The molecule has 3 fully saturated rings. The highest BCUT2D eigenvalue weighted by atomic mass is 16.2. The normalized spacial score (nSPS) is 26.6. The summed E-state index contributed by atoms with van der Waals surface area (Å²) in [5.41, 5.74) is 0.549. The highest BCUT2D eigenvalue weighted by molar-refractivity contribution is 5.74. The molecule has 3 aliphatic rings. The first-order chi connectivity index (χ1) is 10.6. The zero-order valence-corrected chi connectivity index (χ0v) is 14.4. The lowest BCUT2D eigenvalue weighted by Crippen LogP contribution is -2.56. The minimum absolute atomic E-state index is 0.0644. The van der Waals surface area contributed by atoms with Crippen LogP contribution in [0.25, 0.3) is 0 Å². The summed E-state index contributed by atoms with van der Waals surface area (Å²) in [5, 5.41) is 3.14. The molecule has 0 aromatic carbocycles. The number of piperidine rings is 1. The number of amides is 2. The molecule has 1 heterocycles. The molecule has 1 spiro atoms. The summed E-state index contributed by atoms with van der Waals surface area (Å²) in [5.74, 6) is 0.969. The lowest BCUT2D eigenvalue weighted by molar-refractivity contribution is 0.00295. The Morgan fingerprint density at radius 1 is 1.14 bits per heavy atom. The molecule has 4 nitrogen and oxygen atoms in total. The Hall–Kier alpha value is -0.770. The van der Waals surface area contributed by atoms with E-state index < -0.39 is 0 Å². The van der Waals surface area contributed by atoms with Gasteiger partial charge >= 0.3 is 6.03 Å². The van der Waals surface area contributed by atoms with Crippen molar-refractivity contribution in [1.82, 2.24) is 15.1 Å². The van der Waals surface area contributed by atoms with E-state index in [2.05, 4.69) is 10.2 Å². The van der Waals surface area contributed by atoms with Crippen molar-refractivity contribution < 1.29 is 4.79 Å². The van der Waals surface area contributed by atoms with Gasteiger partial charge in [-0.2, -0.15) is 0 Å². The quantitative estimate of drug-likeness (QED) is 0.870. The van der Waals surface area contributed by atoms with Gasteiger partial charge in [0.2, 0.25) is 0 Å². The van der Waals surface area contributed by atoms with Crippen molar-refractivity contribution in [2.24, 2.45) is 11.3 Å². The van der Waals surface area contributed by atoms with Crippen LogP contribution in [-0.4, -0.2) is 55.6 Å². The molecule has 2 aliphatic carbocycles. The molecule has 3 rings (SSSR count). The van der Waals surface area contributed by atoms with Crippen molar-refractivity contribution in [3.05, 3.63) is 0 Å². The van der Waals surface area contributed by atoms with E-state index in [0.717, 1.165) is 5.92 Å². The molecular formula is C18H33N3O. The third-order valence-electron chi connectivity index (χ3n) is 6.25. The average molecular weight is 307 g/mol. The summed E-state index contributed by atoms with van der Waals surface area (Å²) in [6, 6.07) is 0.481. The van der Waals surface area contributed by atoms with Crippen molar-refractivity contribution in [2.45, 2.75) is 63.8 Å². The van der Waals surface area contributed by atoms with Crippen LogP contribution in [0.4, 0.5) is 4.79 Å². The first kappa shape index (κ1) is 16.1. The van der Waals surface area contributed by atoms with E-state index >= 15 is 0 Å². The van der Waals surface area contributed by atoms with E-state index in [4.69, 9.17) is 0 Å². The van der Waals surface area contributed by atoms with Gasteiger partial charge in [-0.05, 0) is 62.9 Å². The number of hydrogen-bond donors (Lipinski definition) is 1. The fraction of sp³-hybridized carbons (Fsp3) is 0.944. The summed E-state index contributed by atoms with van der Waals surface area (Å²) in [7, 11) is 3.63.